The molecule has 11 aromatic rings. The molecule has 462 valence electrons. The number of ether oxygens (including phenoxy) is 8. The predicted molar refractivity (Wildman–Crippen MR) is 373 cm³/mol. The van der Waals surface area contributed by atoms with Gasteiger partial charge in [-0.1, -0.05) is 42.5 Å². The molecule has 0 saturated heterocycles. The molecule has 1 atom stereocenters. The van der Waals surface area contributed by atoms with E-state index in [0.717, 1.165) is 147 Å². The summed E-state index contributed by atoms with van der Waals surface area (Å²) in [5, 5.41) is 0. The van der Waals surface area contributed by atoms with Crippen LogP contribution in [0.25, 0.3) is 16.7 Å². The maximum Gasteiger partial charge on any atom is 0.145 e. The van der Waals surface area contributed by atoms with Gasteiger partial charge in [0.25, 0.3) is 0 Å². The van der Waals surface area contributed by atoms with E-state index >= 15 is 0 Å². The Morgan fingerprint density at radius 2 is 0.538 bits per heavy atom. The third-order valence-corrected chi connectivity index (χ3v) is 18.3. The molecule has 14 rings (SSSR count). The van der Waals surface area contributed by atoms with E-state index < -0.39 is 11.1 Å². The molecule has 3 aliphatic carbocycles. The summed E-state index contributed by atoms with van der Waals surface area (Å²) in [5.41, 5.74) is 16.4. The summed E-state index contributed by atoms with van der Waals surface area (Å²) in [4.78, 5) is 9.59. The second-order valence-electron chi connectivity index (χ2n) is 22.9. The minimum atomic E-state index is -1.12. The Balaban J connectivity index is 1.12. The van der Waals surface area contributed by atoms with Gasteiger partial charge in [0.15, 0.2) is 0 Å². The first-order valence-electron chi connectivity index (χ1n) is 30.8. The minimum Gasteiger partial charge on any atom is -0.497 e. The molecule has 0 N–H and O–H groups in total. The van der Waals surface area contributed by atoms with Gasteiger partial charge in [-0.15, -0.1) is 0 Å². The zero-order valence-electron chi connectivity index (χ0n) is 53.2. The summed E-state index contributed by atoms with van der Waals surface area (Å²) < 4.78 is 46.6. The van der Waals surface area contributed by atoms with Crippen LogP contribution >= 0.6 is 0 Å². The monoisotopic (exact) mass is 1230 g/mol. The van der Waals surface area contributed by atoms with Crippen molar-refractivity contribution in [2.24, 2.45) is 0 Å². The largest absolute Gasteiger partial charge is 0.497 e. The summed E-state index contributed by atoms with van der Waals surface area (Å²) >= 11 is 0. The van der Waals surface area contributed by atoms with Crippen molar-refractivity contribution in [3.8, 4) is 57.1 Å². The van der Waals surface area contributed by atoms with Gasteiger partial charge in [-0.3, -0.25) is 0 Å². The molecule has 1 spiro atoms. The number of methoxy groups -OCH3 is 8. The zero-order valence-corrected chi connectivity index (χ0v) is 53.2. The van der Waals surface area contributed by atoms with E-state index in [9.17, 15) is 0 Å². The van der Waals surface area contributed by atoms with E-state index in [1.54, 1.807) is 56.9 Å². The first-order chi connectivity index (χ1) is 45.7. The van der Waals surface area contributed by atoms with Crippen LogP contribution in [0.3, 0.4) is 0 Å². The van der Waals surface area contributed by atoms with Gasteiger partial charge in [0.05, 0.1) is 62.3 Å². The predicted octanol–water partition coefficient (Wildman–Crippen LogP) is 19.1. The van der Waals surface area contributed by atoms with Crippen molar-refractivity contribution < 1.29 is 37.9 Å². The Kier molecular flexibility index (Phi) is 15.7. The number of fused-ring (bicyclic) bond motifs is 10. The summed E-state index contributed by atoms with van der Waals surface area (Å²) in [6, 6.07) is 89.6. The van der Waals surface area contributed by atoms with Crippen LogP contribution in [-0.4, -0.2) is 62.5 Å². The Hall–Kier alpha value is -11.5. The molecule has 0 aromatic heterocycles. The molecule has 12 heteroatoms. The number of benzene rings is 11. The highest BCUT2D eigenvalue weighted by Crippen LogP contribution is 2.67. The third-order valence-electron chi connectivity index (χ3n) is 18.3. The molecule has 1 unspecified atom stereocenters. The van der Waals surface area contributed by atoms with Gasteiger partial charge >= 0.3 is 0 Å². The van der Waals surface area contributed by atoms with Gasteiger partial charge in [-0.25, -0.2) is 0 Å². The van der Waals surface area contributed by atoms with Crippen molar-refractivity contribution in [1.82, 2.24) is 0 Å². The first kappa shape index (κ1) is 59.1. The van der Waals surface area contributed by atoms with Crippen LogP contribution in [0.15, 0.2) is 273 Å². The fraction of sp³-hybridized carbons (Fsp3) is 0.136. The zero-order chi connectivity index (χ0) is 63.8. The number of anilines is 10. The lowest BCUT2D eigenvalue weighted by molar-refractivity contribution is 0.414. The van der Waals surface area contributed by atoms with Crippen LogP contribution in [0.4, 0.5) is 56.9 Å². The Morgan fingerprint density at radius 1 is 0.269 bits per heavy atom. The SMILES string of the molecule is COc1ccc(N(c2ccc(OC)cc2)c2ccc3c(c2)C2(C4=CC(N(c5ccc(OC)cc5)c5ccc(OC)cc5)(N(c5ccc(OC)cc5)c5ccc(OC)cc5)CC=C43)c3ccccc3-c3ccc(N(c4ccc(OC)cc4)c4ccc(OC)cc4)cc32)cc1. The Labute approximate surface area is 543 Å². The van der Waals surface area contributed by atoms with E-state index in [1.807, 2.05) is 97.1 Å². The summed E-state index contributed by atoms with van der Waals surface area (Å²) in [6.45, 7) is 0. The molecule has 0 amide bonds. The molecule has 11 aromatic carbocycles. The maximum absolute atomic E-state index is 5.90. The lowest BCUT2D eigenvalue weighted by Crippen LogP contribution is -2.58. The van der Waals surface area contributed by atoms with Gasteiger partial charge in [0.1, 0.15) is 51.7 Å². The summed E-state index contributed by atoms with van der Waals surface area (Å²) in [5.74, 6) is 6.00. The number of hydrogen-bond donors (Lipinski definition) is 0. The molecule has 93 heavy (non-hydrogen) atoms. The van der Waals surface area contributed by atoms with Crippen molar-refractivity contribution in [1.29, 1.82) is 0 Å². The summed E-state index contributed by atoms with van der Waals surface area (Å²) in [7, 11) is 13.6. The van der Waals surface area contributed by atoms with Crippen LogP contribution in [0.2, 0.25) is 0 Å². The highest BCUT2D eigenvalue weighted by atomic mass is 16.5. The van der Waals surface area contributed by atoms with Gasteiger partial charge in [0, 0.05) is 63.3 Å². The van der Waals surface area contributed by atoms with Gasteiger partial charge in [-0.2, -0.15) is 0 Å². The average molecular weight is 1230 g/mol. The van der Waals surface area contributed by atoms with Gasteiger partial charge in [0.2, 0.25) is 0 Å². The molecule has 0 radical (unpaired) electrons. The standard InChI is InChI=1S/C81H70N4O8/c1-86-64-31-13-54(14-32-64)82(55-15-33-65(87-2)34-16-55)62-29-47-73-72-11-9-10-12-76(72)81(77(73)51-62)78-52-63(83(56-17-35-66(88-3)36-18-56)57-19-37-67(89-4)38-20-57)30-48-74(78)75-49-50-80(53-79(75)81,84(58-21-39-68(90-5)40-22-58)59-23-41-69(91-6)42-24-59)85(60-25-43-70(92-7)44-26-60)61-27-45-71(93-8)46-28-61/h9-49,51-53H,50H2,1-8H3. The second-order valence-corrected chi connectivity index (χ2v) is 22.9. The molecule has 12 nitrogen and oxygen atoms in total. The van der Waals surface area contributed by atoms with E-state index in [4.69, 9.17) is 37.9 Å². The highest BCUT2D eigenvalue weighted by molar-refractivity contribution is 6.03. The van der Waals surface area contributed by atoms with Crippen molar-refractivity contribution >= 4 is 62.4 Å². The van der Waals surface area contributed by atoms with Crippen molar-refractivity contribution in [2.75, 3.05) is 76.5 Å². The maximum atomic E-state index is 5.90. The van der Waals surface area contributed by atoms with Crippen molar-refractivity contribution in [3.05, 3.63) is 295 Å². The van der Waals surface area contributed by atoms with Crippen LogP contribution in [-0.2, 0) is 5.41 Å². The Bertz CT molecular complexity index is 4270. The molecule has 0 saturated carbocycles. The van der Waals surface area contributed by atoms with Crippen molar-refractivity contribution in [3.63, 3.8) is 0 Å². The fourth-order valence-electron chi connectivity index (χ4n) is 14.0. The minimum absolute atomic E-state index is 0.486. The Morgan fingerprint density at radius 3 is 0.860 bits per heavy atom. The van der Waals surface area contributed by atoms with Crippen LogP contribution in [0.1, 0.15) is 28.7 Å². The molecular formula is C81H70N4O8. The van der Waals surface area contributed by atoms with Crippen LogP contribution < -0.4 is 57.5 Å². The van der Waals surface area contributed by atoms with E-state index in [2.05, 4.69) is 189 Å². The number of nitrogens with zero attached hydrogens (tertiary/aromatic N) is 4. The quantitative estimate of drug-likeness (QED) is 0.0681. The molecule has 0 aliphatic heterocycles. The van der Waals surface area contributed by atoms with E-state index in [1.165, 1.54) is 0 Å². The van der Waals surface area contributed by atoms with Crippen LogP contribution in [0, 0.1) is 0 Å². The fourth-order valence-corrected chi connectivity index (χ4v) is 14.0. The normalized spacial score (nSPS) is 14.5. The lowest BCUT2D eigenvalue weighted by atomic mass is 9.68. The summed E-state index contributed by atoms with van der Waals surface area (Å²) in [6.07, 6.45) is 5.55. The number of rotatable bonds is 20. The van der Waals surface area contributed by atoms with Crippen molar-refractivity contribution in [2.45, 2.75) is 17.5 Å². The molecule has 3 aliphatic rings. The second kappa shape index (κ2) is 24.7. The van der Waals surface area contributed by atoms with E-state index in [0.29, 0.717) is 6.42 Å². The topological polar surface area (TPSA) is 86.8 Å². The molecule has 0 heterocycles. The molecular weight excluding hydrogens is 1160 g/mol. The van der Waals surface area contributed by atoms with E-state index in [-0.39, 0.29) is 0 Å². The van der Waals surface area contributed by atoms with Gasteiger partial charge in [-0.05, 0) is 269 Å². The number of hydrogen-bond acceptors (Lipinski definition) is 12. The third kappa shape index (κ3) is 10.2. The highest BCUT2D eigenvalue weighted by Gasteiger charge is 2.58. The first-order valence-corrected chi connectivity index (χ1v) is 30.8. The lowest BCUT2D eigenvalue weighted by Gasteiger charge is -2.53. The average Bonchev–Trinajstić information content (AvgIpc) is 1.52. The molecule has 0 bridgehead atoms. The molecule has 0 fully saturated rings. The van der Waals surface area contributed by atoms with Gasteiger partial charge < -0.3 is 57.5 Å². The van der Waals surface area contributed by atoms with Crippen LogP contribution in [0.5, 0.6) is 46.0 Å². The number of allylic oxidation sites excluding steroid dienone is 2. The smallest absolute Gasteiger partial charge is 0.145 e.